The zero-order chi connectivity index (χ0) is 11.7. The van der Waals surface area contributed by atoms with Gasteiger partial charge in [0, 0.05) is 13.2 Å². The van der Waals surface area contributed by atoms with Crippen LogP contribution in [0.4, 0.5) is 0 Å². The minimum absolute atomic E-state index is 0.0323. The van der Waals surface area contributed by atoms with Crippen LogP contribution >= 0.6 is 0 Å². The number of nitrogens with two attached hydrogens (primary N) is 1. The van der Waals surface area contributed by atoms with Crippen LogP contribution in [-0.4, -0.2) is 43.4 Å². The Bertz CT molecular complexity index is 174. The van der Waals surface area contributed by atoms with Gasteiger partial charge in [0.05, 0.1) is 19.3 Å². The lowest BCUT2D eigenvalue weighted by Gasteiger charge is -2.15. The molecule has 4 N–H and O–H groups in total. The van der Waals surface area contributed by atoms with Crippen molar-refractivity contribution in [2.45, 2.75) is 26.3 Å². The smallest absolute Gasteiger partial charge is 0.237 e. The first-order valence-corrected chi connectivity index (χ1v) is 5.31. The van der Waals surface area contributed by atoms with Gasteiger partial charge in [-0.15, -0.1) is 0 Å². The first kappa shape index (κ1) is 14.3. The van der Waals surface area contributed by atoms with Crippen molar-refractivity contribution in [1.82, 2.24) is 5.32 Å². The Hall–Kier alpha value is -0.650. The van der Waals surface area contributed by atoms with Crippen LogP contribution in [0.15, 0.2) is 0 Å². The van der Waals surface area contributed by atoms with E-state index in [1.165, 1.54) is 0 Å². The maximum Gasteiger partial charge on any atom is 0.237 e. The minimum atomic E-state index is -0.441. The Morgan fingerprint density at radius 1 is 1.47 bits per heavy atom. The normalized spacial score (nSPS) is 12.9. The van der Waals surface area contributed by atoms with Crippen LogP contribution in [-0.2, 0) is 9.53 Å². The van der Waals surface area contributed by atoms with E-state index in [-0.39, 0.29) is 18.4 Å². The minimum Gasteiger partial charge on any atom is -0.394 e. The lowest BCUT2D eigenvalue weighted by molar-refractivity contribution is -0.123. The second kappa shape index (κ2) is 8.64. The number of carbonyl (C=O) groups excluding carboxylic acids is 1. The van der Waals surface area contributed by atoms with Crippen LogP contribution in [0.1, 0.15) is 20.3 Å². The van der Waals surface area contributed by atoms with Crippen molar-refractivity contribution in [2.24, 2.45) is 11.7 Å². The molecule has 0 spiro atoms. The summed E-state index contributed by atoms with van der Waals surface area (Å²) in [7, 11) is 0. The van der Waals surface area contributed by atoms with E-state index >= 15 is 0 Å². The number of ether oxygens (including phenoxy) is 1. The lowest BCUT2D eigenvalue weighted by Crippen LogP contribution is -2.44. The third kappa shape index (κ3) is 7.30. The fourth-order valence-corrected chi connectivity index (χ4v) is 0.973. The third-order valence-corrected chi connectivity index (χ3v) is 2.02. The number of amides is 1. The summed E-state index contributed by atoms with van der Waals surface area (Å²) in [5, 5.41) is 11.2. The molecule has 0 aromatic heterocycles. The highest BCUT2D eigenvalue weighted by molar-refractivity contribution is 5.81. The van der Waals surface area contributed by atoms with Gasteiger partial charge in [-0.3, -0.25) is 4.79 Å². The van der Waals surface area contributed by atoms with Crippen molar-refractivity contribution >= 4 is 5.91 Å². The largest absolute Gasteiger partial charge is 0.394 e. The highest BCUT2D eigenvalue weighted by Gasteiger charge is 2.15. The van der Waals surface area contributed by atoms with Crippen molar-refractivity contribution in [3.8, 4) is 0 Å². The fourth-order valence-electron chi connectivity index (χ4n) is 0.973. The highest BCUT2D eigenvalue weighted by atomic mass is 16.5. The van der Waals surface area contributed by atoms with Crippen molar-refractivity contribution in [3.05, 3.63) is 0 Å². The molecule has 0 unspecified atom stereocenters. The van der Waals surface area contributed by atoms with Gasteiger partial charge in [0.15, 0.2) is 0 Å². The molecule has 1 atom stereocenters. The summed E-state index contributed by atoms with van der Waals surface area (Å²) >= 11 is 0. The molecule has 0 aliphatic heterocycles. The molecule has 0 bridgehead atoms. The molecular formula is C10H22N2O3. The molecule has 0 heterocycles. The summed E-state index contributed by atoms with van der Waals surface area (Å²) in [6, 6.07) is -0.441. The lowest BCUT2D eigenvalue weighted by atomic mass is 10.1. The van der Waals surface area contributed by atoms with Crippen molar-refractivity contribution in [3.63, 3.8) is 0 Å². The number of hydrogen-bond acceptors (Lipinski definition) is 4. The Morgan fingerprint density at radius 2 is 2.13 bits per heavy atom. The summed E-state index contributed by atoms with van der Waals surface area (Å²) < 4.78 is 5.04. The second-order valence-corrected chi connectivity index (χ2v) is 3.75. The van der Waals surface area contributed by atoms with E-state index < -0.39 is 6.04 Å². The van der Waals surface area contributed by atoms with Crippen molar-refractivity contribution < 1.29 is 14.6 Å². The molecule has 0 aliphatic carbocycles. The number of hydrogen-bond donors (Lipinski definition) is 3. The van der Waals surface area contributed by atoms with Crippen LogP contribution in [0.25, 0.3) is 0 Å². The van der Waals surface area contributed by atoms with E-state index in [9.17, 15) is 4.79 Å². The summed E-state index contributed by atoms with van der Waals surface area (Å²) in [5.74, 6) is 0.0304. The summed E-state index contributed by atoms with van der Waals surface area (Å²) in [4.78, 5) is 11.4. The molecule has 0 aromatic rings. The number of carbonyl (C=O) groups is 1. The van der Waals surface area contributed by atoms with Crippen LogP contribution in [0.5, 0.6) is 0 Å². The standard InChI is InChI=1S/C10H22N2O3/c1-8(2)9(11)10(14)12-4-3-6-15-7-5-13/h8-9,13H,3-7,11H2,1-2H3,(H,12,14)/t9-/m0/s1. The SMILES string of the molecule is CC(C)[C@H](N)C(=O)NCCCOCCO. The molecule has 0 radical (unpaired) electrons. The predicted molar refractivity (Wildman–Crippen MR) is 58.3 cm³/mol. The average Bonchev–Trinajstić information content (AvgIpc) is 2.21. The van der Waals surface area contributed by atoms with Gasteiger partial charge in [-0.25, -0.2) is 0 Å². The fraction of sp³-hybridized carbons (Fsp3) is 0.900. The number of nitrogens with one attached hydrogen (secondary N) is 1. The van der Waals surface area contributed by atoms with Gasteiger partial charge in [0.2, 0.25) is 5.91 Å². The zero-order valence-corrected chi connectivity index (χ0v) is 9.53. The molecular weight excluding hydrogens is 196 g/mol. The maximum absolute atomic E-state index is 11.4. The molecule has 15 heavy (non-hydrogen) atoms. The summed E-state index contributed by atoms with van der Waals surface area (Å²) in [5.41, 5.74) is 5.65. The molecule has 0 saturated heterocycles. The first-order chi connectivity index (χ1) is 7.09. The molecule has 0 aliphatic rings. The number of rotatable bonds is 8. The van der Waals surface area contributed by atoms with Gasteiger partial charge in [-0.1, -0.05) is 13.8 Å². The van der Waals surface area contributed by atoms with Gasteiger partial charge in [-0.2, -0.15) is 0 Å². The van der Waals surface area contributed by atoms with Crippen molar-refractivity contribution in [2.75, 3.05) is 26.4 Å². The van der Waals surface area contributed by atoms with E-state index in [0.29, 0.717) is 19.8 Å². The third-order valence-electron chi connectivity index (χ3n) is 2.02. The van der Waals surface area contributed by atoms with Gasteiger partial charge in [0.25, 0.3) is 0 Å². The maximum atomic E-state index is 11.4. The monoisotopic (exact) mass is 218 g/mol. The Morgan fingerprint density at radius 3 is 2.67 bits per heavy atom. The number of aliphatic hydroxyl groups excluding tert-OH is 1. The molecule has 5 heteroatoms. The highest BCUT2D eigenvalue weighted by Crippen LogP contribution is 1.97. The zero-order valence-electron chi connectivity index (χ0n) is 9.53. The van der Waals surface area contributed by atoms with Crippen LogP contribution in [0, 0.1) is 5.92 Å². The Kier molecular flexibility index (Phi) is 8.27. The predicted octanol–water partition coefficient (Wildman–Crippen LogP) is -0.515. The summed E-state index contributed by atoms with van der Waals surface area (Å²) in [6.45, 7) is 5.30. The molecule has 90 valence electrons. The molecule has 0 saturated carbocycles. The van der Waals surface area contributed by atoms with Gasteiger partial charge in [0.1, 0.15) is 0 Å². The van der Waals surface area contributed by atoms with Crippen LogP contribution < -0.4 is 11.1 Å². The van der Waals surface area contributed by atoms with Crippen LogP contribution in [0.3, 0.4) is 0 Å². The number of aliphatic hydroxyl groups is 1. The molecule has 5 nitrogen and oxygen atoms in total. The molecule has 0 aromatic carbocycles. The van der Waals surface area contributed by atoms with E-state index in [1.807, 2.05) is 13.8 Å². The van der Waals surface area contributed by atoms with Gasteiger partial charge >= 0.3 is 0 Å². The first-order valence-electron chi connectivity index (χ1n) is 5.31. The van der Waals surface area contributed by atoms with E-state index in [2.05, 4.69) is 5.32 Å². The average molecular weight is 218 g/mol. The topological polar surface area (TPSA) is 84.6 Å². The van der Waals surface area contributed by atoms with Gasteiger partial charge < -0.3 is 20.9 Å². The van der Waals surface area contributed by atoms with E-state index in [4.69, 9.17) is 15.6 Å². The molecule has 0 rings (SSSR count). The van der Waals surface area contributed by atoms with E-state index in [1.54, 1.807) is 0 Å². The van der Waals surface area contributed by atoms with E-state index in [0.717, 1.165) is 6.42 Å². The molecule has 1 amide bonds. The Labute approximate surface area is 91.0 Å². The summed E-state index contributed by atoms with van der Waals surface area (Å²) in [6.07, 6.45) is 0.733. The van der Waals surface area contributed by atoms with Crippen molar-refractivity contribution in [1.29, 1.82) is 0 Å². The Balaban J connectivity index is 3.39. The van der Waals surface area contributed by atoms with Crippen LogP contribution in [0.2, 0.25) is 0 Å². The quantitative estimate of drug-likeness (QED) is 0.479. The molecule has 0 fully saturated rings. The second-order valence-electron chi connectivity index (χ2n) is 3.75. The van der Waals surface area contributed by atoms with Gasteiger partial charge in [-0.05, 0) is 12.3 Å².